The van der Waals surface area contributed by atoms with E-state index in [1.807, 2.05) is 0 Å². The lowest BCUT2D eigenvalue weighted by molar-refractivity contribution is -0.147. The van der Waals surface area contributed by atoms with Crippen LogP contribution in [0, 0.1) is 5.92 Å². The molecule has 8 heteroatoms. The smallest absolute Gasteiger partial charge is 0.319 e. The molecule has 1 aliphatic rings. The zero-order chi connectivity index (χ0) is 17.7. The molecule has 1 aromatic rings. The Morgan fingerprint density at radius 1 is 1.33 bits per heavy atom. The molecule has 1 fully saturated rings. The van der Waals surface area contributed by atoms with Crippen molar-refractivity contribution in [1.29, 1.82) is 0 Å². The van der Waals surface area contributed by atoms with E-state index >= 15 is 0 Å². The van der Waals surface area contributed by atoms with Gasteiger partial charge in [-0.1, -0.05) is 23.7 Å². The van der Waals surface area contributed by atoms with Crippen LogP contribution < -0.4 is 20.1 Å². The normalized spacial score (nSPS) is 21.7. The first-order chi connectivity index (χ1) is 11.6. The van der Waals surface area contributed by atoms with Crippen LogP contribution in [0.4, 0.5) is 4.79 Å². The van der Waals surface area contributed by atoms with Crippen molar-refractivity contribution in [3.63, 3.8) is 0 Å². The van der Waals surface area contributed by atoms with E-state index in [1.54, 1.807) is 25.1 Å². The summed E-state index contributed by atoms with van der Waals surface area (Å²) in [5, 5.41) is 5.25. The number of hydrogen-bond acceptors (Lipinski definition) is 5. The van der Waals surface area contributed by atoms with Crippen LogP contribution in [-0.2, 0) is 9.53 Å². The summed E-state index contributed by atoms with van der Waals surface area (Å²) in [7, 11) is 3.00. The summed E-state index contributed by atoms with van der Waals surface area (Å²) in [4.78, 5) is 24.4. The third kappa shape index (κ3) is 3.41. The molecular formula is C16H19ClN2O5. The Morgan fingerprint density at radius 3 is 2.67 bits per heavy atom. The maximum atomic E-state index is 12.4. The van der Waals surface area contributed by atoms with Gasteiger partial charge in [0.1, 0.15) is 5.92 Å². The first-order valence-electron chi connectivity index (χ1n) is 7.32. The molecule has 0 bridgehead atoms. The molecule has 0 saturated carbocycles. The Bertz CT molecular complexity index is 662. The van der Waals surface area contributed by atoms with Gasteiger partial charge >= 0.3 is 12.0 Å². The highest BCUT2D eigenvalue weighted by Gasteiger charge is 2.41. The van der Waals surface area contributed by atoms with Crippen molar-refractivity contribution in [3.05, 3.63) is 35.0 Å². The van der Waals surface area contributed by atoms with Crippen LogP contribution in [-0.4, -0.2) is 32.8 Å². The first-order valence-corrected chi connectivity index (χ1v) is 7.76. The second-order valence-electron chi connectivity index (χ2n) is 4.95. The van der Waals surface area contributed by atoms with E-state index in [0.717, 1.165) is 0 Å². The van der Waals surface area contributed by atoms with E-state index in [1.165, 1.54) is 19.8 Å². The van der Waals surface area contributed by atoms with Crippen LogP contribution in [0.15, 0.2) is 29.4 Å². The third-order valence-corrected chi connectivity index (χ3v) is 3.87. The molecule has 0 unspecified atom stereocenters. The molecule has 2 amide bonds. The Balaban J connectivity index is 2.55. The average molecular weight is 355 g/mol. The van der Waals surface area contributed by atoms with Gasteiger partial charge in [-0.2, -0.15) is 0 Å². The second kappa shape index (κ2) is 7.92. The van der Waals surface area contributed by atoms with Crippen LogP contribution in [0.3, 0.4) is 0 Å². The summed E-state index contributed by atoms with van der Waals surface area (Å²) >= 11 is 5.80. The number of ether oxygens (including phenoxy) is 3. The minimum absolute atomic E-state index is 0.209. The first kappa shape index (κ1) is 17.9. The van der Waals surface area contributed by atoms with Gasteiger partial charge in [-0.05, 0) is 13.0 Å². The number of para-hydroxylation sites is 1. The number of nitrogens with one attached hydrogen (secondary N) is 2. The molecule has 1 saturated heterocycles. The summed E-state index contributed by atoms with van der Waals surface area (Å²) < 4.78 is 15.8. The highest BCUT2D eigenvalue weighted by atomic mass is 35.5. The van der Waals surface area contributed by atoms with E-state index in [-0.39, 0.29) is 12.3 Å². The number of carbonyl (C=O) groups excluding carboxylic acids is 2. The van der Waals surface area contributed by atoms with E-state index in [4.69, 9.17) is 25.8 Å². The zero-order valence-corrected chi connectivity index (χ0v) is 14.3. The van der Waals surface area contributed by atoms with Crippen LogP contribution >= 0.6 is 11.6 Å². The second-order valence-corrected chi connectivity index (χ2v) is 5.17. The summed E-state index contributed by atoms with van der Waals surface area (Å²) in [6.45, 7) is 1.92. The standard InChI is InChI=1S/C16H19ClN2O5/c1-4-24-15(20)12-10(8-17)18-16(21)19-13(12)9-6-5-7-11(22-2)14(9)23-3/h5-8,12-13H,4H2,1-3H3,(H2,18,19,21)/b10-8+/t12-,13+/m1/s1. The molecule has 0 aliphatic carbocycles. The maximum absolute atomic E-state index is 12.4. The minimum atomic E-state index is -0.832. The summed E-state index contributed by atoms with van der Waals surface area (Å²) in [5.41, 5.74) is 2.01. The number of amides is 2. The van der Waals surface area contributed by atoms with Crippen molar-refractivity contribution in [2.24, 2.45) is 5.92 Å². The predicted molar refractivity (Wildman–Crippen MR) is 88.0 cm³/mol. The van der Waals surface area contributed by atoms with Crippen LogP contribution in [0.5, 0.6) is 11.5 Å². The molecule has 24 heavy (non-hydrogen) atoms. The van der Waals surface area contributed by atoms with Crippen molar-refractivity contribution < 1.29 is 23.8 Å². The number of benzene rings is 1. The lowest BCUT2D eigenvalue weighted by Gasteiger charge is -2.34. The van der Waals surface area contributed by atoms with Gasteiger partial charge in [0.25, 0.3) is 0 Å². The van der Waals surface area contributed by atoms with Crippen molar-refractivity contribution in [1.82, 2.24) is 10.6 Å². The van der Waals surface area contributed by atoms with E-state index in [9.17, 15) is 9.59 Å². The average Bonchev–Trinajstić information content (AvgIpc) is 2.59. The fourth-order valence-electron chi connectivity index (χ4n) is 2.65. The molecule has 2 atom stereocenters. The van der Waals surface area contributed by atoms with Crippen LogP contribution in [0.1, 0.15) is 18.5 Å². The number of rotatable bonds is 5. The summed E-state index contributed by atoms with van der Waals surface area (Å²) in [6, 6.07) is 4.03. The molecule has 1 heterocycles. The van der Waals surface area contributed by atoms with Crippen molar-refractivity contribution >= 4 is 23.6 Å². The van der Waals surface area contributed by atoms with Gasteiger partial charge < -0.3 is 24.8 Å². The molecule has 0 aromatic heterocycles. The molecular weight excluding hydrogens is 336 g/mol. The molecule has 0 spiro atoms. The zero-order valence-electron chi connectivity index (χ0n) is 13.6. The number of halogens is 1. The lowest BCUT2D eigenvalue weighted by Crippen LogP contribution is -2.51. The molecule has 7 nitrogen and oxygen atoms in total. The van der Waals surface area contributed by atoms with Gasteiger partial charge in [0.15, 0.2) is 11.5 Å². The number of esters is 1. The van der Waals surface area contributed by atoms with E-state index in [0.29, 0.717) is 17.1 Å². The number of carbonyl (C=O) groups is 2. The van der Waals surface area contributed by atoms with Gasteiger partial charge in [-0.15, -0.1) is 0 Å². The molecule has 1 aromatic carbocycles. The van der Waals surface area contributed by atoms with Gasteiger partial charge in [0, 0.05) is 16.8 Å². The Morgan fingerprint density at radius 2 is 2.08 bits per heavy atom. The van der Waals surface area contributed by atoms with Crippen molar-refractivity contribution in [2.45, 2.75) is 13.0 Å². The minimum Gasteiger partial charge on any atom is -0.493 e. The summed E-state index contributed by atoms with van der Waals surface area (Å²) in [5.74, 6) is -0.426. The van der Waals surface area contributed by atoms with Crippen molar-refractivity contribution in [2.75, 3.05) is 20.8 Å². The highest BCUT2D eigenvalue weighted by molar-refractivity contribution is 6.26. The molecule has 2 rings (SSSR count). The monoisotopic (exact) mass is 354 g/mol. The van der Waals surface area contributed by atoms with Crippen molar-refractivity contribution in [3.8, 4) is 11.5 Å². The third-order valence-electron chi connectivity index (χ3n) is 3.64. The maximum Gasteiger partial charge on any atom is 0.319 e. The van der Waals surface area contributed by atoms with Gasteiger partial charge in [-0.3, -0.25) is 4.79 Å². The van der Waals surface area contributed by atoms with Crippen LogP contribution in [0.2, 0.25) is 0 Å². The van der Waals surface area contributed by atoms with Gasteiger partial charge in [0.2, 0.25) is 0 Å². The SMILES string of the molecule is CCOC(=O)[C@@H]1/C(=C\Cl)NC(=O)N[C@H]1c1cccc(OC)c1OC. The Labute approximate surface area is 144 Å². The number of hydrogen-bond donors (Lipinski definition) is 2. The lowest BCUT2D eigenvalue weighted by atomic mass is 9.88. The quantitative estimate of drug-likeness (QED) is 0.792. The summed E-state index contributed by atoms with van der Waals surface area (Å²) in [6.07, 6.45) is 0. The number of urea groups is 1. The molecule has 130 valence electrons. The molecule has 0 radical (unpaired) electrons. The number of methoxy groups -OCH3 is 2. The van der Waals surface area contributed by atoms with E-state index in [2.05, 4.69) is 10.6 Å². The van der Waals surface area contributed by atoms with Gasteiger partial charge in [-0.25, -0.2) is 4.79 Å². The Hall–Kier alpha value is -2.41. The van der Waals surface area contributed by atoms with Gasteiger partial charge in [0.05, 0.1) is 26.9 Å². The van der Waals surface area contributed by atoms with Crippen LogP contribution in [0.25, 0.3) is 0 Å². The highest BCUT2D eigenvalue weighted by Crippen LogP contribution is 2.40. The molecule has 2 N–H and O–H groups in total. The Kier molecular flexibility index (Phi) is 5.92. The van der Waals surface area contributed by atoms with E-state index < -0.39 is 24.0 Å². The topological polar surface area (TPSA) is 85.9 Å². The fraction of sp³-hybridized carbons (Fsp3) is 0.375. The fourth-order valence-corrected chi connectivity index (χ4v) is 2.84. The largest absolute Gasteiger partial charge is 0.493 e. The predicted octanol–water partition coefficient (Wildman–Crippen LogP) is 2.32. The molecule has 1 aliphatic heterocycles.